The lowest BCUT2D eigenvalue weighted by molar-refractivity contribution is -0.384. The zero-order valence-electron chi connectivity index (χ0n) is 17.1. The molecule has 8 nitrogen and oxygen atoms in total. The molecule has 10 heteroatoms. The summed E-state index contributed by atoms with van der Waals surface area (Å²) in [5.41, 5.74) is 1.42. The van der Waals surface area contributed by atoms with E-state index in [1.165, 1.54) is 29.5 Å². The number of anilines is 1. The number of rotatable bonds is 5. The lowest BCUT2D eigenvalue weighted by Crippen LogP contribution is -2.13. The lowest BCUT2D eigenvalue weighted by atomic mass is 9.96. The second-order valence-corrected chi connectivity index (χ2v) is 8.79. The molecule has 2 heterocycles. The zero-order chi connectivity index (χ0) is 23.5. The van der Waals surface area contributed by atoms with Crippen LogP contribution in [0.25, 0.3) is 17.4 Å². The number of halogens is 1. The van der Waals surface area contributed by atoms with E-state index in [0.29, 0.717) is 21.9 Å². The number of benzene rings is 1. The Kier molecular flexibility index (Phi) is 6.27. The van der Waals surface area contributed by atoms with Crippen LogP contribution in [0.4, 0.5) is 10.7 Å². The first kappa shape index (κ1) is 22.3. The van der Waals surface area contributed by atoms with Crippen LogP contribution in [0.2, 0.25) is 5.02 Å². The Hall–Kier alpha value is -3.92. The third-order valence-corrected chi connectivity index (χ3v) is 6.74. The third kappa shape index (κ3) is 4.51. The Morgan fingerprint density at radius 1 is 1.24 bits per heavy atom. The molecule has 33 heavy (non-hydrogen) atoms. The van der Waals surface area contributed by atoms with E-state index >= 15 is 0 Å². The largest absolute Gasteiger partial charge is 0.457 e. The van der Waals surface area contributed by atoms with Gasteiger partial charge in [-0.1, -0.05) is 11.6 Å². The number of nitrogens with zero attached hydrogens (tertiary/aromatic N) is 3. The van der Waals surface area contributed by atoms with E-state index in [9.17, 15) is 25.4 Å². The first-order valence-electron chi connectivity index (χ1n) is 9.93. The summed E-state index contributed by atoms with van der Waals surface area (Å²) in [6.45, 7) is 0. The predicted octanol–water partition coefficient (Wildman–Crippen LogP) is 5.87. The summed E-state index contributed by atoms with van der Waals surface area (Å²) in [5, 5.41) is 33.3. The molecule has 1 aliphatic rings. The summed E-state index contributed by atoms with van der Waals surface area (Å²) >= 11 is 7.22. The maximum Gasteiger partial charge on any atom is 0.288 e. The summed E-state index contributed by atoms with van der Waals surface area (Å²) in [7, 11) is 0. The fourth-order valence-electron chi connectivity index (χ4n) is 3.62. The van der Waals surface area contributed by atoms with Crippen molar-refractivity contribution in [2.24, 2.45) is 0 Å². The van der Waals surface area contributed by atoms with E-state index in [1.807, 2.05) is 6.07 Å². The monoisotopic (exact) mass is 478 g/mol. The van der Waals surface area contributed by atoms with Crippen molar-refractivity contribution in [3.63, 3.8) is 0 Å². The van der Waals surface area contributed by atoms with Gasteiger partial charge in [-0.05, 0) is 55.5 Å². The van der Waals surface area contributed by atoms with Gasteiger partial charge < -0.3 is 9.73 Å². The minimum absolute atomic E-state index is 0.00542. The molecule has 1 aliphatic carbocycles. The van der Waals surface area contributed by atoms with Gasteiger partial charge in [-0.3, -0.25) is 14.9 Å². The first-order chi connectivity index (χ1) is 15.9. The Labute approximate surface area is 197 Å². The van der Waals surface area contributed by atoms with Crippen molar-refractivity contribution in [3.8, 4) is 23.5 Å². The van der Waals surface area contributed by atoms with Crippen LogP contribution in [-0.2, 0) is 17.6 Å². The molecule has 0 saturated carbocycles. The van der Waals surface area contributed by atoms with Crippen LogP contribution in [0.5, 0.6) is 0 Å². The number of nitriles is 2. The molecule has 1 N–H and O–H groups in total. The van der Waals surface area contributed by atoms with Gasteiger partial charge in [-0.25, -0.2) is 0 Å². The Morgan fingerprint density at radius 2 is 2.03 bits per heavy atom. The van der Waals surface area contributed by atoms with Crippen molar-refractivity contribution in [2.45, 2.75) is 25.7 Å². The quantitative estimate of drug-likeness (QED) is 0.211. The molecule has 0 aliphatic heterocycles. The minimum atomic E-state index is -0.646. The number of furan rings is 1. The molecule has 0 radical (unpaired) electrons. The second kappa shape index (κ2) is 9.29. The summed E-state index contributed by atoms with van der Waals surface area (Å²) in [4.78, 5) is 24.3. The standard InChI is InChI=1S/C23H15ClN4O4S/c24-18-7-5-13(10-19(18)28(30)31)20-8-6-15(32-20)9-14(11-25)22(29)27-23-17(12-26)16-3-1-2-4-21(16)33-23/h5-10H,1-4H2,(H,27,29)/b14-9-. The van der Waals surface area contributed by atoms with Crippen molar-refractivity contribution in [1.82, 2.24) is 0 Å². The van der Waals surface area contributed by atoms with Crippen LogP contribution in [0.1, 0.15) is 34.6 Å². The fourth-order valence-corrected chi connectivity index (χ4v) is 5.05. The van der Waals surface area contributed by atoms with Gasteiger partial charge in [-0.15, -0.1) is 11.3 Å². The number of nitro groups is 1. The number of thiophene rings is 1. The molecule has 0 bridgehead atoms. The van der Waals surface area contributed by atoms with Crippen LogP contribution in [0.3, 0.4) is 0 Å². The summed E-state index contributed by atoms with van der Waals surface area (Å²) in [5.74, 6) is -0.107. The number of nitro benzene ring substituents is 1. The van der Waals surface area contributed by atoms with Crippen molar-refractivity contribution < 1.29 is 14.1 Å². The summed E-state index contributed by atoms with van der Waals surface area (Å²) in [6.07, 6.45) is 5.02. The van der Waals surface area contributed by atoms with Crippen LogP contribution in [0, 0.1) is 32.8 Å². The summed E-state index contributed by atoms with van der Waals surface area (Å²) < 4.78 is 5.67. The number of carbonyl (C=O) groups is 1. The number of hydrogen-bond donors (Lipinski definition) is 1. The molecular formula is C23H15ClN4O4S. The fraction of sp³-hybridized carbons (Fsp3) is 0.174. The van der Waals surface area contributed by atoms with Crippen molar-refractivity contribution >= 4 is 45.6 Å². The molecule has 0 spiro atoms. The van der Waals surface area contributed by atoms with E-state index in [1.54, 1.807) is 18.2 Å². The average Bonchev–Trinajstić information content (AvgIpc) is 3.41. The molecule has 0 atom stereocenters. The second-order valence-electron chi connectivity index (χ2n) is 7.28. The van der Waals surface area contributed by atoms with E-state index in [-0.39, 0.29) is 22.0 Å². The average molecular weight is 479 g/mol. The van der Waals surface area contributed by atoms with Gasteiger partial charge in [0.25, 0.3) is 11.6 Å². The van der Waals surface area contributed by atoms with Crippen molar-refractivity contribution in [2.75, 3.05) is 5.32 Å². The van der Waals surface area contributed by atoms with Gasteiger partial charge >= 0.3 is 0 Å². The molecule has 1 aromatic carbocycles. The van der Waals surface area contributed by atoms with Gasteiger partial charge in [0.15, 0.2) is 0 Å². The molecule has 0 unspecified atom stereocenters. The molecule has 4 rings (SSSR count). The van der Waals surface area contributed by atoms with Gasteiger partial charge in [-0.2, -0.15) is 10.5 Å². The van der Waals surface area contributed by atoms with Crippen molar-refractivity contribution in [3.05, 3.63) is 72.8 Å². The highest BCUT2D eigenvalue weighted by atomic mass is 35.5. The van der Waals surface area contributed by atoms with Gasteiger partial charge in [0, 0.05) is 22.6 Å². The SMILES string of the molecule is N#C/C(=C/c1ccc(-c2ccc(Cl)c([N+](=O)[O-])c2)o1)C(=O)Nc1sc2c(c1C#N)CCCC2. The van der Waals surface area contributed by atoms with Crippen LogP contribution < -0.4 is 5.32 Å². The number of hydrogen-bond acceptors (Lipinski definition) is 7. The van der Waals surface area contributed by atoms with E-state index in [0.717, 1.165) is 36.1 Å². The molecule has 164 valence electrons. The minimum Gasteiger partial charge on any atom is -0.457 e. The lowest BCUT2D eigenvalue weighted by Gasteiger charge is -2.09. The number of carbonyl (C=O) groups excluding carboxylic acids is 1. The molecule has 3 aromatic rings. The Balaban J connectivity index is 1.58. The highest BCUT2D eigenvalue weighted by Crippen LogP contribution is 2.38. The molecule has 2 aromatic heterocycles. The smallest absolute Gasteiger partial charge is 0.288 e. The number of amides is 1. The Morgan fingerprint density at radius 3 is 2.76 bits per heavy atom. The number of fused-ring (bicyclic) bond motifs is 1. The van der Waals surface area contributed by atoms with Crippen LogP contribution in [-0.4, -0.2) is 10.8 Å². The molecular weight excluding hydrogens is 464 g/mol. The summed E-state index contributed by atoms with van der Waals surface area (Å²) in [6, 6.07) is 11.4. The van der Waals surface area contributed by atoms with Gasteiger partial charge in [0.2, 0.25) is 0 Å². The number of aryl methyl sites for hydroxylation is 1. The Bertz CT molecular complexity index is 1390. The highest BCUT2D eigenvalue weighted by molar-refractivity contribution is 7.16. The van der Waals surface area contributed by atoms with E-state index < -0.39 is 10.8 Å². The molecule has 0 saturated heterocycles. The normalized spacial score (nSPS) is 13.0. The van der Waals surface area contributed by atoms with E-state index in [2.05, 4.69) is 11.4 Å². The van der Waals surface area contributed by atoms with Crippen LogP contribution >= 0.6 is 22.9 Å². The van der Waals surface area contributed by atoms with Crippen molar-refractivity contribution in [1.29, 1.82) is 10.5 Å². The van der Waals surface area contributed by atoms with Crippen LogP contribution in [0.15, 0.2) is 40.3 Å². The predicted molar refractivity (Wildman–Crippen MR) is 124 cm³/mol. The maximum atomic E-state index is 12.7. The highest BCUT2D eigenvalue weighted by Gasteiger charge is 2.23. The van der Waals surface area contributed by atoms with E-state index in [4.69, 9.17) is 16.0 Å². The first-order valence-corrected chi connectivity index (χ1v) is 11.1. The third-order valence-electron chi connectivity index (χ3n) is 5.22. The zero-order valence-corrected chi connectivity index (χ0v) is 18.6. The van der Waals surface area contributed by atoms with Gasteiger partial charge in [0.05, 0.1) is 10.5 Å². The molecule has 1 amide bonds. The molecule has 0 fully saturated rings. The maximum absolute atomic E-state index is 12.7. The number of nitrogens with one attached hydrogen (secondary N) is 1. The topological polar surface area (TPSA) is 133 Å². The van der Waals surface area contributed by atoms with Gasteiger partial charge in [0.1, 0.15) is 39.3 Å².